The van der Waals surface area contributed by atoms with Crippen molar-refractivity contribution in [2.45, 2.75) is 33.6 Å². The van der Waals surface area contributed by atoms with Crippen molar-refractivity contribution in [3.05, 3.63) is 42.1 Å². The van der Waals surface area contributed by atoms with E-state index in [2.05, 4.69) is 20.8 Å². The van der Waals surface area contributed by atoms with Crippen LogP contribution in [0.2, 0.25) is 0 Å². The lowest BCUT2D eigenvalue weighted by Crippen LogP contribution is -2.32. The Balaban J connectivity index is 1.99. The lowest BCUT2D eigenvalue weighted by molar-refractivity contribution is -0.125. The summed E-state index contributed by atoms with van der Waals surface area (Å²) in [5.41, 5.74) is 1.66. The summed E-state index contributed by atoms with van der Waals surface area (Å²) < 4.78 is 0. The predicted octanol–water partition coefficient (Wildman–Crippen LogP) is 3.96. The molecule has 112 valence electrons. The molecule has 21 heavy (non-hydrogen) atoms. The van der Waals surface area contributed by atoms with Crippen LogP contribution in [-0.4, -0.2) is 12.9 Å². The molecular weight excluding hydrogens is 262 g/mol. The molecule has 0 heterocycles. The minimum absolute atomic E-state index is 0.0337. The van der Waals surface area contributed by atoms with Crippen LogP contribution in [0.3, 0.4) is 0 Å². The van der Waals surface area contributed by atoms with Gasteiger partial charge in [0, 0.05) is 17.2 Å². The largest absolute Gasteiger partial charge is 0.294 e. The average Bonchev–Trinajstić information content (AvgIpc) is 2.79. The number of carbonyl (C=O) groups excluding carboxylic acids is 1. The van der Waals surface area contributed by atoms with Crippen LogP contribution in [0, 0.1) is 16.7 Å². The summed E-state index contributed by atoms with van der Waals surface area (Å²) in [5.74, 6) is 0.623. The number of fused-ring (bicyclic) bond motifs is 2. The lowest BCUT2D eigenvalue weighted by Gasteiger charge is -2.31. The Morgan fingerprint density at radius 1 is 1.24 bits per heavy atom. The molecule has 1 aromatic rings. The van der Waals surface area contributed by atoms with Gasteiger partial charge in [0.2, 0.25) is 0 Å². The van der Waals surface area contributed by atoms with E-state index >= 15 is 0 Å². The zero-order valence-corrected chi connectivity index (χ0v) is 13.2. The Morgan fingerprint density at radius 3 is 2.43 bits per heavy atom. The van der Waals surface area contributed by atoms with E-state index in [1.807, 2.05) is 36.5 Å². The van der Waals surface area contributed by atoms with Crippen LogP contribution < -0.4 is 5.06 Å². The molecule has 0 spiro atoms. The average molecular weight is 285 g/mol. The molecule has 2 aliphatic rings. The van der Waals surface area contributed by atoms with Crippen LogP contribution in [0.1, 0.15) is 33.6 Å². The fourth-order valence-electron chi connectivity index (χ4n) is 4.01. The van der Waals surface area contributed by atoms with Crippen LogP contribution in [0.15, 0.2) is 42.1 Å². The van der Waals surface area contributed by atoms with Crippen LogP contribution in [-0.2, 0) is 9.63 Å². The van der Waals surface area contributed by atoms with Gasteiger partial charge in [0.25, 0.3) is 0 Å². The smallest absolute Gasteiger partial charge is 0.167 e. The van der Waals surface area contributed by atoms with E-state index in [0.717, 1.165) is 24.1 Å². The first-order chi connectivity index (χ1) is 9.91. The van der Waals surface area contributed by atoms with Crippen LogP contribution >= 0.6 is 0 Å². The third-order valence-corrected chi connectivity index (χ3v) is 5.83. The molecule has 0 radical (unpaired) electrons. The zero-order valence-electron chi connectivity index (χ0n) is 13.2. The highest BCUT2D eigenvalue weighted by Crippen LogP contribution is 2.65. The van der Waals surface area contributed by atoms with Crippen molar-refractivity contribution >= 4 is 11.5 Å². The number of hydroxylamine groups is 1. The SMILES string of the molecule is CON(C=C1C(=O)C2(C)CCC1C2(C)C)c1ccccc1. The maximum Gasteiger partial charge on any atom is 0.167 e. The highest BCUT2D eigenvalue weighted by molar-refractivity contribution is 6.04. The molecule has 0 aliphatic heterocycles. The number of hydrogen-bond acceptors (Lipinski definition) is 3. The lowest BCUT2D eigenvalue weighted by atomic mass is 9.70. The maximum atomic E-state index is 12.8. The molecule has 0 N–H and O–H groups in total. The highest BCUT2D eigenvalue weighted by Gasteiger charge is 2.64. The molecule has 0 amide bonds. The van der Waals surface area contributed by atoms with Crippen molar-refractivity contribution in [1.29, 1.82) is 0 Å². The van der Waals surface area contributed by atoms with Gasteiger partial charge in [-0.2, -0.15) is 0 Å². The number of nitrogens with zero attached hydrogens (tertiary/aromatic N) is 1. The topological polar surface area (TPSA) is 29.5 Å². The molecular formula is C18H23NO2. The molecule has 3 rings (SSSR count). The van der Waals surface area contributed by atoms with Crippen LogP contribution in [0.25, 0.3) is 0 Å². The van der Waals surface area contributed by atoms with Gasteiger partial charge in [0.1, 0.15) is 0 Å². The number of anilines is 1. The van der Waals surface area contributed by atoms with Gasteiger partial charge >= 0.3 is 0 Å². The van der Waals surface area contributed by atoms with Gasteiger partial charge < -0.3 is 0 Å². The number of rotatable bonds is 3. The molecule has 0 aromatic heterocycles. The fourth-order valence-corrected chi connectivity index (χ4v) is 4.01. The molecule has 2 bridgehead atoms. The Morgan fingerprint density at radius 2 is 1.90 bits per heavy atom. The summed E-state index contributed by atoms with van der Waals surface area (Å²) in [6.45, 7) is 6.57. The van der Waals surface area contributed by atoms with Crippen molar-refractivity contribution < 1.29 is 9.63 Å². The van der Waals surface area contributed by atoms with E-state index in [4.69, 9.17) is 4.84 Å². The van der Waals surface area contributed by atoms with Crippen LogP contribution in [0.5, 0.6) is 0 Å². The Kier molecular flexibility index (Phi) is 3.21. The van der Waals surface area contributed by atoms with Gasteiger partial charge in [-0.3, -0.25) is 9.63 Å². The molecule has 3 heteroatoms. The summed E-state index contributed by atoms with van der Waals surface area (Å²) in [6, 6.07) is 9.86. The number of allylic oxidation sites excluding steroid dienone is 1. The first-order valence-electron chi connectivity index (χ1n) is 7.57. The van der Waals surface area contributed by atoms with Gasteiger partial charge in [0.15, 0.2) is 5.78 Å². The second kappa shape index (κ2) is 4.70. The minimum Gasteiger partial charge on any atom is -0.294 e. The monoisotopic (exact) mass is 285 g/mol. The molecule has 2 saturated carbocycles. The van der Waals surface area contributed by atoms with Gasteiger partial charge in [-0.1, -0.05) is 39.0 Å². The number of carbonyl (C=O) groups is 1. The molecule has 2 atom stereocenters. The summed E-state index contributed by atoms with van der Waals surface area (Å²) in [7, 11) is 1.63. The fraction of sp³-hybridized carbons (Fsp3) is 0.500. The summed E-state index contributed by atoms with van der Waals surface area (Å²) in [6.07, 6.45) is 3.99. The van der Waals surface area contributed by atoms with Crippen LogP contribution in [0.4, 0.5) is 5.69 Å². The maximum absolute atomic E-state index is 12.8. The van der Waals surface area contributed by atoms with E-state index in [9.17, 15) is 4.79 Å². The first-order valence-corrected chi connectivity index (χ1v) is 7.57. The third-order valence-electron chi connectivity index (χ3n) is 5.83. The molecule has 2 unspecified atom stereocenters. The van der Waals surface area contributed by atoms with Crippen molar-refractivity contribution in [1.82, 2.24) is 0 Å². The number of para-hydroxylation sites is 1. The molecule has 0 saturated heterocycles. The van der Waals surface area contributed by atoms with Gasteiger partial charge in [-0.15, -0.1) is 0 Å². The second-order valence-electron chi connectivity index (χ2n) is 6.90. The van der Waals surface area contributed by atoms with E-state index in [1.165, 1.54) is 0 Å². The first kappa shape index (κ1) is 14.3. The van der Waals surface area contributed by atoms with E-state index in [-0.39, 0.29) is 10.8 Å². The summed E-state index contributed by atoms with van der Waals surface area (Å²) in [4.78, 5) is 18.3. The number of Topliss-reactive ketones (excluding diaryl/α,β-unsaturated/α-hetero) is 1. The van der Waals surface area contributed by atoms with E-state index in [0.29, 0.717) is 11.7 Å². The Bertz CT molecular complexity index is 590. The van der Waals surface area contributed by atoms with Crippen molar-refractivity contribution in [3.8, 4) is 0 Å². The normalized spacial score (nSPS) is 31.9. The van der Waals surface area contributed by atoms with Crippen molar-refractivity contribution in [2.75, 3.05) is 12.2 Å². The summed E-state index contributed by atoms with van der Waals surface area (Å²) in [5, 5.41) is 1.70. The summed E-state index contributed by atoms with van der Waals surface area (Å²) >= 11 is 0. The highest BCUT2D eigenvalue weighted by atomic mass is 16.7. The molecule has 1 aromatic carbocycles. The zero-order chi connectivity index (χ0) is 15.3. The van der Waals surface area contributed by atoms with E-state index in [1.54, 1.807) is 12.2 Å². The minimum atomic E-state index is -0.223. The number of ketones is 1. The quantitative estimate of drug-likeness (QED) is 0.622. The van der Waals surface area contributed by atoms with Gasteiger partial charge in [-0.25, -0.2) is 5.06 Å². The van der Waals surface area contributed by atoms with Gasteiger partial charge in [0.05, 0.1) is 12.8 Å². The number of benzene rings is 1. The number of hydrogen-bond donors (Lipinski definition) is 0. The molecule has 3 nitrogen and oxygen atoms in total. The van der Waals surface area contributed by atoms with Gasteiger partial charge in [-0.05, 0) is 36.3 Å². The third kappa shape index (κ3) is 1.87. The molecule has 2 aliphatic carbocycles. The van der Waals surface area contributed by atoms with Crippen molar-refractivity contribution in [2.24, 2.45) is 16.7 Å². The Hall–Kier alpha value is -1.61. The Labute approximate surface area is 126 Å². The molecule has 2 fully saturated rings. The van der Waals surface area contributed by atoms with Crippen molar-refractivity contribution in [3.63, 3.8) is 0 Å². The second-order valence-corrected chi connectivity index (χ2v) is 6.90. The van der Waals surface area contributed by atoms with E-state index < -0.39 is 0 Å². The predicted molar refractivity (Wildman–Crippen MR) is 83.6 cm³/mol. The standard InChI is InChI=1S/C18H23NO2/c1-17(2)15-10-11-18(17,3)16(20)14(15)12-19(21-4)13-8-6-5-7-9-13/h5-9,12,15H,10-11H2,1-4H3.